The molecule has 1 amide bonds. The molecule has 0 aromatic rings. The number of hydrogen-bond acceptors (Lipinski definition) is 4. The zero-order valence-corrected chi connectivity index (χ0v) is 11.9. The average Bonchev–Trinajstić information content (AvgIpc) is 2.43. The number of carbonyl (C=O) groups excluding carboxylic acids is 1. The predicted octanol–water partition coefficient (Wildman–Crippen LogP) is 1.30. The summed E-state index contributed by atoms with van der Waals surface area (Å²) in [4.78, 5) is 13.9. The van der Waals surface area contributed by atoms with Gasteiger partial charge in [0.2, 0.25) is 5.91 Å². The number of nitriles is 1. The molecule has 5 heteroatoms. The quantitative estimate of drug-likeness (QED) is 0.720. The summed E-state index contributed by atoms with van der Waals surface area (Å²) in [5.41, 5.74) is 0. The van der Waals surface area contributed by atoms with Crippen LogP contribution >= 0.6 is 0 Å². The van der Waals surface area contributed by atoms with Gasteiger partial charge in [-0.05, 0) is 12.8 Å². The monoisotopic (exact) mass is 267 g/mol. The topological polar surface area (TPSA) is 65.4 Å². The van der Waals surface area contributed by atoms with Crippen LogP contribution in [0, 0.1) is 11.3 Å². The van der Waals surface area contributed by atoms with Crippen molar-refractivity contribution in [2.75, 3.05) is 33.4 Å². The molecule has 108 valence electrons. The number of rotatable bonds is 8. The summed E-state index contributed by atoms with van der Waals surface area (Å²) in [6.45, 7) is 2.26. The van der Waals surface area contributed by atoms with Gasteiger partial charge in [0.25, 0.3) is 0 Å². The third-order valence-corrected chi connectivity index (χ3v) is 3.49. The predicted molar refractivity (Wildman–Crippen MR) is 73.6 cm³/mol. The Morgan fingerprint density at radius 1 is 1.37 bits per heavy atom. The van der Waals surface area contributed by atoms with E-state index in [1.807, 2.05) is 4.90 Å². The second-order valence-corrected chi connectivity index (χ2v) is 5.08. The molecular weight excluding hydrogens is 242 g/mol. The van der Waals surface area contributed by atoms with Crippen molar-refractivity contribution in [2.45, 2.75) is 44.6 Å². The lowest BCUT2D eigenvalue weighted by molar-refractivity contribution is -0.123. The summed E-state index contributed by atoms with van der Waals surface area (Å²) in [7, 11) is 1.64. The van der Waals surface area contributed by atoms with Crippen LogP contribution < -0.4 is 5.32 Å². The lowest BCUT2D eigenvalue weighted by atomic mass is 9.95. The molecule has 0 heterocycles. The molecule has 1 rings (SSSR count). The molecule has 1 saturated carbocycles. The summed E-state index contributed by atoms with van der Waals surface area (Å²) in [6.07, 6.45) is 6.36. The molecule has 1 fully saturated rings. The van der Waals surface area contributed by atoms with Crippen LogP contribution in [-0.4, -0.2) is 50.2 Å². The smallest absolute Gasteiger partial charge is 0.234 e. The van der Waals surface area contributed by atoms with Gasteiger partial charge < -0.3 is 10.1 Å². The highest BCUT2D eigenvalue weighted by molar-refractivity contribution is 5.78. The molecule has 0 bridgehead atoms. The molecule has 1 aliphatic rings. The van der Waals surface area contributed by atoms with Gasteiger partial charge in [-0.15, -0.1) is 0 Å². The minimum atomic E-state index is 0.0703. The molecule has 0 aliphatic heterocycles. The number of carbonyl (C=O) groups is 1. The maximum atomic E-state index is 12.0. The molecule has 0 aromatic heterocycles. The van der Waals surface area contributed by atoms with E-state index < -0.39 is 0 Å². The molecule has 5 nitrogen and oxygen atoms in total. The maximum absolute atomic E-state index is 12.0. The number of methoxy groups -OCH3 is 1. The lowest BCUT2D eigenvalue weighted by Gasteiger charge is -2.25. The van der Waals surface area contributed by atoms with Crippen molar-refractivity contribution in [2.24, 2.45) is 0 Å². The number of hydrogen-bond donors (Lipinski definition) is 1. The molecule has 0 radical (unpaired) electrons. The highest BCUT2D eigenvalue weighted by Gasteiger charge is 2.17. The van der Waals surface area contributed by atoms with Gasteiger partial charge in [0.15, 0.2) is 0 Å². The lowest BCUT2D eigenvalue weighted by Crippen LogP contribution is -2.43. The van der Waals surface area contributed by atoms with Crippen LogP contribution in [0.15, 0.2) is 0 Å². The first kappa shape index (κ1) is 15.9. The Hall–Kier alpha value is -1.12. The Morgan fingerprint density at radius 3 is 2.74 bits per heavy atom. The van der Waals surface area contributed by atoms with Crippen molar-refractivity contribution in [1.29, 1.82) is 5.26 Å². The number of ether oxygens (including phenoxy) is 1. The minimum Gasteiger partial charge on any atom is -0.383 e. The van der Waals surface area contributed by atoms with E-state index in [9.17, 15) is 4.79 Å². The summed E-state index contributed by atoms with van der Waals surface area (Å²) in [5, 5.41) is 11.7. The first-order valence-corrected chi connectivity index (χ1v) is 7.14. The Morgan fingerprint density at radius 2 is 2.11 bits per heavy atom. The highest BCUT2D eigenvalue weighted by atomic mass is 16.5. The summed E-state index contributed by atoms with van der Waals surface area (Å²) >= 11 is 0. The maximum Gasteiger partial charge on any atom is 0.234 e. The third kappa shape index (κ3) is 7.14. The normalized spacial score (nSPS) is 16.3. The van der Waals surface area contributed by atoms with Gasteiger partial charge in [-0.3, -0.25) is 9.69 Å². The van der Waals surface area contributed by atoms with Crippen LogP contribution in [0.25, 0.3) is 0 Å². The van der Waals surface area contributed by atoms with Crippen molar-refractivity contribution in [3.63, 3.8) is 0 Å². The fourth-order valence-electron chi connectivity index (χ4n) is 2.42. The van der Waals surface area contributed by atoms with Crippen LogP contribution in [-0.2, 0) is 9.53 Å². The van der Waals surface area contributed by atoms with E-state index in [4.69, 9.17) is 10.00 Å². The number of amides is 1. The molecule has 0 atom stereocenters. The standard InChI is InChI=1S/C14H25N3O2/c1-19-11-10-17(9-5-8-15)12-14(18)16-13-6-3-2-4-7-13/h13H,2-7,9-12H2,1H3,(H,16,18). The van der Waals surface area contributed by atoms with Crippen LogP contribution in [0.5, 0.6) is 0 Å². The van der Waals surface area contributed by atoms with Crippen LogP contribution in [0.1, 0.15) is 38.5 Å². The van der Waals surface area contributed by atoms with Gasteiger partial charge in [0.1, 0.15) is 0 Å². The van der Waals surface area contributed by atoms with Gasteiger partial charge in [-0.1, -0.05) is 19.3 Å². The fourth-order valence-corrected chi connectivity index (χ4v) is 2.42. The number of nitrogens with zero attached hydrogens (tertiary/aromatic N) is 2. The van der Waals surface area contributed by atoms with Crippen molar-refractivity contribution in [3.8, 4) is 6.07 Å². The van der Waals surface area contributed by atoms with E-state index in [0.29, 0.717) is 38.7 Å². The second-order valence-electron chi connectivity index (χ2n) is 5.08. The summed E-state index contributed by atoms with van der Waals surface area (Å²) in [5.74, 6) is 0.0703. The molecule has 0 saturated heterocycles. The average molecular weight is 267 g/mol. The zero-order chi connectivity index (χ0) is 13.9. The van der Waals surface area contributed by atoms with Gasteiger partial charge in [-0.2, -0.15) is 5.26 Å². The van der Waals surface area contributed by atoms with E-state index in [1.54, 1.807) is 7.11 Å². The van der Waals surface area contributed by atoms with Crippen molar-refractivity contribution < 1.29 is 9.53 Å². The van der Waals surface area contributed by atoms with E-state index in [-0.39, 0.29) is 5.91 Å². The third-order valence-electron chi connectivity index (χ3n) is 3.49. The van der Waals surface area contributed by atoms with E-state index in [0.717, 1.165) is 12.8 Å². The Balaban J connectivity index is 2.29. The molecule has 0 unspecified atom stereocenters. The Bertz CT molecular complexity index is 296. The van der Waals surface area contributed by atoms with E-state index in [1.165, 1.54) is 19.3 Å². The number of nitrogens with one attached hydrogen (secondary N) is 1. The van der Waals surface area contributed by atoms with Gasteiger partial charge in [0, 0.05) is 32.7 Å². The second kappa shape index (κ2) is 9.76. The molecule has 19 heavy (non-hydrogen) atoms. The van der Waals surface area contributed by atoms with Gasteiger partial charge in [0.05, 0.1) is 19.2 Å². The van der Waals surface area contributed by atoms with Crippen LogP contribution in [0.4, 0.5) is 0 Å². The first-order valence-electron chi connectivity index (χ1n) is 7.14. The molecule has 1 N–H and O–H groups in total. The summed E-state index contributed by atoms with van der Waals surface area (Å²) < 4.78 is 5.03. The molecule has 0 aromatic carbocycles. The largest absolute Gasteiger partial charge is 0.383 e. The molecular formula is C14H25N3O2. The van der Waals surface area contributed by atoms with Gasteiger partial charge >= 0.3 is 0 Å². The fraction of sp³-hybridized carbons (Fsp3) is 0.857. The van der Waals surface area contributed by atoms with Crippen molar-refractivity contribution in [3.05, 3.63) is 0 Å². The minimum absolute atomic E-state index is 0.0703. The SMILES string of the molecule is COCCN(CCC#N)CC(=O)NC1CCCCC1. The molecule has 0 spiro atoms. The summed E-state index contributed by atoms with van der Waals surface area (Å²) in [6, 6.07) is 2.46. The van der Waals surface area contributed by atoms with E-state index >= 15 is 0 Å². The van der Waals surface area contributed by atoms with Crippen molar-refractivity contribution in [1.82, 2.24) is 10.2 Å². The Labute approximate surface area is 115 Å². The van der Waals surface area contributed by atoms with Crippen molar-refractivity contribution >= 4 is 5.91 Å². The zero-order valence-electron chi connectivity index (χ0n) is 11.9. The molecule has 1 aliphatic carbocycles. The van der Waals surface area contributed by atoms with Crippen LogP contribution in [0.2, 0.25) is 0 Å². The Kier molecular flexibility index (Phi) is 8.19. The first-order chi connectivity index (χ1) is 9.26. The van der Waals surface area contributed by atoms with Gasteiger partial charge in [-0.25, -0.2) is 0 Å². The highest BCUT2D eigenvalue weighted by Crippen LogP contribution is 2.17. The van der Waals surface area contributed by atoms with E-state index in [2.05, 4.69) is 11.4 Å². The van der Waals surface area contributed by atoms with Crippen LogP contribution in [0.3, 0.4) is 0 Å².